The van der Waals surface area contributed by atoms with E-state index < -0.39 is 5.60 Å². The van der Waals surface area contributed by atoms with Gasteiger partial charge in [0.2, 0.25) is 0 Å². The van der Waals surface area contributed by atoms with Gasteiger partial charge in [-0.1, -0.05) is 0 Å². The molecule has 0 aromatic carbocycles. The Morgan fingerprint density at radius 3 is 2.63 bits per heavy atom. The smallest absolute Gasteiger partial charge is 0.407 e. The number of carbonyl (C=O) groups is 1. The predicted molar refractivity (Wildman–Crippen MR) is 76.1 cm³/mol. The monoisotopic (exact) mass is 270 g/mol. The van der Waals surface area contributed by atoms with Crippen LogP contribution in [0.4, 0.5) is 4.79 Å². The summed E-state index contributed by atoms with van der Waals surface area (Å²) in [5.41, 5.74) is 5.25. The van der Waals surface area contributed by atoms with Crippen LogP contribution in [-0.4, -0.2) is 36.8 Å². The topological polar surface area (TPSA) is 88.7 Å². The molecule has 0 spiro atoms. The quantitative estimate of drug-likeness (QED) is 0.386. The maximum absolute atomic E-state index is 11.3. The molecule has 0 aromatic heterocycles. The highest BCUT2D eigenvalue weighted by Crippen LogP contribution is 2.17. The molecule has 1 aliphatic carbocycles. The number of nitrogens with two attached hydrogens (primary N) is 1. The zero-order valence-corrected chi connectivity index (χ0v) is 12.2. The molecule has 0 radical (unpaired) electrons. The van der Waals surface area contributed by atoms with Gasteiger partial charge in [0.1, 0.15) is 5.60 Å². The average Bonchev–Trinajstić information content (AvgIpc) is 3.04. The Kier molecular flexibility index (Phi) is 5.92. The Balaban J connectivity index is 1.97. The number of aliphatic imine (C=N–C) groups is 1. The van der Waals surface area contributed by atoms with Crippen molar-refractivity contribution in [2.75, 3.05) is 13.1 Å². The summed E-state index contributed by atoms with van der Waals surface area (Å²) in [5.74, 6) is 0.530. The van der Waals surface area contributed by atoms with Crippen LogP contribution in [0.3, 0.4) is 0 Å². The van der Waals surface area contributed by atoms with Gasteiger partial charge < -0.3 is 21.1 Å². The molecular formula is C13H26N4O2. The van der Waals surface area contributed by atoms with Gasteiger partial charge in [0, 0.05) is 19.1 Å². The number of rotatable bonds is 6. The maximum Gasteiger partial charge on any atom is 0.407 e. The molecule has 0 atom stereocenters. The first-order valence-corrected chi connectivity index (χ1v) is 6.90. The van der Waals surface area contributed by atoms with E-state index in [2.05, 4.69) is 15.6 Å². The number of hydrogen-bond acceptors (Lipinski definition) is 3. The molecule has 1 rings (SSSR count). The summed E-state index contributed by atoms with van der Waals surface area (Å²) in [5, 5.41) is 5.84. The third-order valence-corrected chi connectivity index (χ3v) is 2.46. The summed E-state index contributed by atoms with van der Waals surface area (Å²) in [6.45, 7) is 6.81. The minimum Gasteiger partial charge on any atom is -0.444 e. The predicted octanol–water partition coefficient (Wildman–Crippen LogP) is 1.36. The zero-order chi connectivity index (χ0) is 14.3. The molecule has 0 bridgehead atoms. The summed E-state index contributed by atoms with van der Waals surface area (Å²) in [4.78, 5) is 15.6. The molecule has 1 saturated carbocycles. The second kappa shape index (κ2) is 7.21. The number of guanidine groups is 1. The van der Waals surface area contributed by atoms with Crippen LogP contribution < -0.4 is 16.4 Å². The number of alkyl carbamates (subject to hydrolysis) is 1. The minimum atomic E-state index is -0.447. The number of amides is 1. The van der Waals surface area contributed by atoms with Crippen molar-refractivity contribution in [2.24, 2.45) is 10.7 Å². The standard InChI is InChI=1S/C13H26N4O2/c1-13(2,3)19-12(18)16-9-5-4-8-15-11(14)17-10-6-7-10/h10H,4-9H2,1-3H3,(H,16,18)(H3,14,15,17). The van der Waals surface area contributed by atoms with Gasteiger partial charge in [-0.25, -0.2) is 4.79 Å². The number of nitrogens with zero attached hydrogens (tertiary/aromatic N) is 1. The molecule has 0 aromatic rings. The van der Waals surface area contributed by atoms with E-state index in [4.69, 9.17) is 10.5 Å². The van der Waals surface area contributed by atoms with Gasteiger partial charge in [0.05, 0.1) is 0 Å². The lowest BCUT2D eigenvalue weighted by Crippen LogP contribution is -2.33. The molecule has 1 amide bonds. The number of nitrogens with one attached hydrogen (secondary N) is 2. The molecule has 4 N–H and O–H groups in total. The summed E-state index contributed by atoms with van der Waals surface area (Å²) in [6.07, 6.45) is 3.76. The molecule has 19 heavy (non-hydrogen) atoms. The fourth-order valence-electron chi connectivity index (χ4n) is 1.42. The number of ether oxygens (including phenoxy) is 1. The lowest BCUT2D eigenvalue weighted by Gasteiger charge is -2.19. The Morgan fingerprint density at radius 2 is 2.05 bits per heavy atom. The van der Waals surface area contributed by atoms with Crippen LogP contribution in [0.15, 0.2) is 4.99 Å². The zero-order valence-electron chi connectivity index (χ0n) is 12.2. The molecule has 6 heteroatoms. The average molecular weight is 270 g/mol. The maximum atomic E-state index is 11.3. The highest BCUT2D eigenvalue weighted by molar-refractivity contribution is 5.78. The number of carbonyl (C=O) groups excluding carboxylic acids is 1. The molecule has 1 aliphatic rings. The Bertz CT molecular complexity index is 319. The molecule has 6 nitrogen and oxygen atoms in total. The van der Waals surface area contributed by atoms with Gasteiger partial charge in [-0.15, -0.1) is 0 Å². The lowest BCUT2D eigenvalue weighted by molar-refractivity contribution is 0.0527. The Hall–Kier alpha value is -1.46. The second-order valence-electron chi connectivity index (χ2n) is 5.82. The second-order valence-corrected chi connectivity index (χ2v) is 5.82. The first kappa shape index (κ1) is 15.6. The third kappa shape index (κ3) is 9.16. The highest BCUT2D eigenvalue weighted by atomic mass is 16.6. The van der Waals surface area contributed by atoms with Crippen molar-refractivity contribution in [3.05, 3.63) is 0 Å². The van der Waals surface area contributed by atoms with Crippen LogP contribution in [0.5, 0.6) is 0 Å². The van der Waals surface area contributed by atoms with E-state index in [9.17, 15) is 4.79 Å². The van der Waals surface area contributed by atoms with E-state index in [1.807, 2.05) is 20.8 Å². The summed E-state index contributed by atoms with van der Waals surface area (Å²) in [7, 11) is 0. The Labute approximate surface area is 115 Å². The van der Waals surface area contributed by atoms with Crippen LogP contribution in [0.2, 0.25) is 0 Å². The summed E-state index contributed by atoms with van der Waals surface area (Å²) >= 11 is 0. The summed E-state index contributed by atoms with van der Waals surface area (Å²) < 4.78 is 5.13. The van der Waals surface area contributed by atoms with Crippen molar-refractivity contribution >= 4 is 12.1 Å². The molecule has 110 valence electrons. The molecule has 0 heterocycles. The lowest BCUT2D eigenvalue weighted by atomic mass is 10.2. The van der Waals surface area contributed by atoms with Crippen molar-refractivity contribution in [1.29, 1.82) is 0 Å². The van der Waals surface area contributed by atoms with Crippen LogP contribution in [0, 0.1) is 0 Å². The molecule has 1 fully saturated rings. The number of unbranched alkanes of at least 4 members (excludes halogenated alkanes) is 1. The molecular weight excluding hydrogens is 244 g/mol. The van der Waals surface area contributed by atoms with E-state index in [-0.39, 0.29) is 6.09 Å². The van der Waals surface area contributed by atoms with E-state index in [0.29, 0.717) is 25.1 Å². The van der Waals surface area contributed by atoms with Crippen molar-refractivity contribution in [3.8, 4) is 0 Å². The van der Waals surface area contributed by atoms with E-state index in [0.717, 1.165) is 12.8 Å². The van der Waals surface area contributed by atoms with E-state index >= 15 is 0 Å². The van der Waals surface area contributed by atoms with E-state index in [1.54, 1.807) is 0 Å². The van der Waals surface area contributed by atoms with Crippen molar-refractivity contribution in [2.45, 2.75) is 58.1 Å². The van der Waals surface area contributed by atoms with Crippen LogP contribution >= 0.6 is 0 Å². The summed E-state index contributed by atoms with van der Waals surface area (Å²) in [6, 6.07) is 0.539. The van der Waals surface area contributed by atoms with Gasteiger partial charge in [-0.05, 0) is 46.5 Å². The third-order valence-electron chi connectivity index (χ3n) is 2.46. The molecule has 0 unspecified atom stereocenters. The van der Waals surface area contributed by atoms with Gasteiger partial charge in [-0.2, -0.15) is 0 Å². The number of hydrogen-bond donors (Lipinski definition) is 3. The van der Waals surface area contributed by atoms with Crippen molar-refractivity contribution < 1.29 is 9.53 Å². The minimum absolute atomic E-state index is 0.370. The van der Waals surface area contributed by atoms with Gasteiger partial charge in [0.15, 0.2) is 5.96 Å². The molecule has 0 saturated heterocycles. The normalized spacial score (nSPS) is 16.1. The van der Waals surface area contributed by atoms with Gasteiger partial charge in [-0.3, -0.25) is 4.99 Å². The largest absolute Gasteiger partial charge is 0.444 e. The molecule has 0 aliphatic heterocycles. The van der Waals surface area contributed by atoms with Crippen LogP contribution in [0.25, 0.3) is 0 Å². The van der Waals surface area contributed by atoms with Crippen LogP contribution in [-0.2, 0) is 4.74 Å². The fourth-order valence-corrected chi connectivity index (χ4v) is 1.42. The van der Waals surface area contributed by atoms with Crippen LogP contribution in [0.1, 0.15) is 46.5 Å². The highest BCUT2D eigenvalue weighted by Gasteiger charge is 2.21. The van der Waals surface area contributed by atoms with E-state index in [1.165, 1.54) is 12.8 Å². The fraction of sp³-hybridized carbons (Fsp3) is 0.846. The first-order chi connectivity index (χ1) is 8.87. The Morgan fingerprint density at radius 1 is 1.37 bits per heavy atom. The van der Waals surface area contributed by atoms with Crippen molar-refractivity contribution in [3.63, 3.8) is 0 Å². The SMILES string of the molecule is CC(C)(C)OC(=O)NCCCCN=C(N)NC1CC1. The first-order valence-electron chi connectivity index (χ1n) is 6.90. The van der Waals surface area contributed by atoms with Gasteiger partial charge in [0.25, 0.3) is 0 Å². The van der Waals surface area contributed by atoms with Gasteiger partial charge >= 0.3 is 6.09 Å². The van der Waals surface area contributed by atoms with Crippen molar-refractivity contribution in [1.82, 2.24) is 10.6 Å².